The van der Waals surface area contributed by atoms with Gasteiger partial charge in [-0.3, -0.25) is 0 Å². The Morgan fingerprint density at radius 2 is 2.00 bits per heavy atom. The Hall–Kier alpha value is -2.28. The summed E-state index contributed by atoms with van der Waals surface area (Å²) in [6, 6.07) is 9.52. The first-order valence-electron chi connectivity index (χ1n) is 8.36. The van der Waals surface area contributed by atoms with Gasteiger partial charge in [-0.1, -0.05) is 23.2 Å². The lowest BCUT2D eigenvalue weighted by atomic mass is 10.2. The lowest BCUT2D eigenvalue weighted by Crippen LogP contribution is -2.26. The number of nitrogens with two attached hydrogens (primary N) is 1. The summed E-state index contributed by atoms with van der Waals surface area (Å²) in [6.07, 6.45) is 2.60. The van der Waals surface area contributed by atoms with E-state index in [-0.39, 0.29) is 0 Å². The Bertz CT molecular complexity index is 1020. The minimum atomic E-state index is 0.610. The van der Waals surface area contributed by atoms with Crippen LogP contribution in [-0.4, -0.2) is 33.0 Å². The van der Waals surface area contributed by atoms with Crippen LogP contribution in [0.5, 0.6) is 0 Å². The molecule has 0 aliphatic rings. The first kappa shape index (κ1) is 17.1. The van der Waals surface area contributed by atoms with E-state index in [1.54, 1.807) is 12.3 Å². The number of imidazole rings is 1. The van der Waals surface area contributed by atoms with Crippen LogP contribution in [0.2, 0.25) is 10.0 Å². The number of nitrogens with one attached hydrogen (secondary N) is 2. The number of aromatic nitrogens is 4. The van der Waals surface area contributed by atoms with Crippen LogP contribution in [0.4, 0.5) is 5.95 Å². The van der Waals surface area contributed by atoms with Gasteiger partial charge in [-0.15, -0.1) is 0 Å². The van der Waals surface area contributed by atoms with Gasteiger partial charge in [0.1, 0.15) is 0 Å². The average Bonchev–Trinajstić information content (AvgIpc) is 3.22. The van der Waals surface area contributed by atoms with E-state index in [1.165, 1.54) is 0 Å². The maximum atomic E-state index is 6.30. The zero-order valence-electron chi connectivity index (χ0n) is 14.0. The standard InChI is InChI=1S/C18H18Cl2N6/c19-11-7-14(20)13-9-12(23-16(13)8-11)10-26(6-2-4-21)18-24-15-3-1-5-22-17(15)25-18/h1,3,5,7-9,23H,2,4,6,10,21H2,(H,22,24,25). The van der Waals surface area contributed by atoms with Crippen LogP contribution >= 0.6 is 23.2 Å². The lowest BCUT2D eigenvalue weighted by Gasteiger charge is -2.20. The third-order valence-corrected chi connectivity index (χ3v) is 4.78. The molecule has 0 atom stereocenters. The van der Waals surface area contributed by atoms with Crippen molar-refractivity contribution in [2.45, 2.75) is 13.0 Å². The molecule has 3 aromatic heterocycles. The fraction of sp³-hybridized carbons (Fsp3) is 0.222. The molecule has 0 saturated carbocycles. The van der Waals surface area contributed by atoms with Crippen molar-refractivity contribution in [1.29, 1.82) is 0 Å². The Morgan fingerprint density at radius 1 is 1.12 bits per heavy atom. The van der Waals surface area contributed by atoms with Gasteiger partial charge in [0.05, 0.1) is 17.1 Å². The molecule has 0 fully saturated rings. The summed E-state index contributed by atoms with van der Waals surface area (Å²) in [5.41, 5.74) is 9.26. The molecular formula is C18H18Cl2N6. The van der Waals surface area contributed by atoms with E-state index in [2.05, 4.69) is 24.8 Å². The molecule has 0 radical (unpaired) electrons. The zero-order chi connectivity index (χ0) is 18.1. The lowest BCUT2D eigenvalue weighted by molar-refractivity contribution is 0.713. The molecule has 6 nitrogen and oxygen atoms in total. The second kappa shape index (κ2) is 7.15. The number of benzene rings is 1. The van der Waals surface area contributed by atoms with Gasteiger partial charge in [-0.25, -0.2) is 4.98 Å². The van der Waals surface area contributed by atoms with Crippen molar-refractivity contribution < 1.29 is 0 Å². The third-order valence-electron chi connectivity index (χ3n) is 4.25. The van der Waals surface area contributed by atoms with Crippen LogP contribution < -0.4 is 10.6 Å². The molecule has 0 spiro atoms. The van der Waals surface area contributed by atoms with E-state index >= 15 is 0 Å². The van der Waals surface area contributed by atoms with E-state index in [4.69, 9.17) is 28.9 Å². The van der Waals surface area contributed by atoms with E-state index in [9.17, 15) is 0 Å². The van der Waals surface area contributed by atoms with E-state index in [0.717, 1.165) is 41.0 Å². The van der Waals surface area contributed by atoms with Crippen LogP contribution in [0.1, 0.15) is 12.1 Å². The number of nitrogens with zero attached hydrogens (tertiary/aromatic N) is 3. The summed E-state index contributed by atoms with van der Waals surface area (Å²) in [5, 5.41) is 2.20. The molecule has 134 valence electrons. The fourth-order valence-electron chi connectivity index (χ4n) is 3.03. The smallest absolute Gasteiger partial charge is 0.205 e. The predicted molar refractivity (Wildman–Crippen MR) is 107 cm³/mol. The van der Waals surface area contributed by atoms with Crippen molar-refractivity contribution in [3.63, 3.8) is 0 Å². The number of fused-ring (bicyclic) bond motifs is 2. The molecule has 26 heavy (non-hydrogen) atoms. The van der Waals surface area contributed by atoms with Gasteiger partial charge in [-0.05, 0) is 43.3 Å². The van der Waals surface area contributed by atoms with Crippen molar-refractivity contribution in [1.82, 2.24) is 19.9 Å². The molecule has 0 amide bonds. The Balaban J connectivity index is 1.67. The number of anilines is 1. The first-order valence-corrected chi connectivity index (χ1v) is 9.12. The SMILES string of the molecule is NCCCN(Cc1cc2c(Cl)cc(Cl)cc2[nH]1)c1nc2ncccc2[nH]1. The molecule has 0 aliphatic carbocycles. The number of aromatic amines is 2. The average molecular weight is 389 g/mol. The molecule has 0 saturated heterocycles. The molecule has 4 rings (SSSR count). The van der Waals surface area contributed by atoms with Crippen molar-refractivity contribution in [2.75, 3.05) is 18.0 Å². The van der Waals surface area contributed by atoms with E-state index in [1.807, 2.05) is 24.3 Å². The van der Waals surface area contributed by atoms with Crippen LogP contribution in [0.25, 0.3) is 22.1 Å². The van der Waals surface area contributed by atoms with Gasteiger partial charge in [0, 0.05) is 34.4 Å². The number of rotatable bonds is 6. The van der Waals surface area contributed by atoms with Crippen molar-refractivity contribution in [3.8, 4) is 0 Å². The Morgan fingerprint density at radius 3 is 2.81 bits per heavy atom. The molecule has 0 unspecified atom stereocenters. The summed E-state index contributed by atoms with van der Waals surface area (Å²) in [4.78, 5) is 17.8. The Labute approximate surface area is 160 Å². The maximum absolute atomic E-state index is 6.30. The quantitative estimate of drug-likeness (QED) is 0.463. The van der Waals surface area contributed by atoms with Crippen LogP contribution in [0.3, 0.4) is 0 Å². The fourth-order valence-corrected chi connectivity index (χ4v) is 3.58. The molecular weight excluding hydrogens is 371 g/mol. The zero-order valence-corrected chi connectivity index (χ0v) is 15.5. The van der Waals surface area contributed by atoms with Gasteiger partial charge < -0.3 is 20.6 Å². The summed E-state index contributed by atoms with van der Waals surface area (Å²) in [7, 11) is 0. The van der Waals surface area contributed by atoms with Crippen molar-refractivity contribution >= 4 is 51.2 Å². The molecule has 8 heteroatoms. The van der Waals surface area contributed by atoms with Gasteiger partial charge >= 0.3 is 0 Å². The van der Waals surface area contributed by atoms with Gasteiger partial charge in [0.25, 0.3) is 0 Å². The minimum absolute atomic E-state index is 0.610. The van der Waals surface area contributed by atoms with Gasteiger partial charge in [0.2, 0.25) is 5.95 Å². The molecule has 4 aromatic rings. The number of hydrogen-bond donors (Lipinski definition) is 3. The molecule has 3 heterocycles. The normalized spacial score (nSPS) is 11.5. The molecule has 0 aliphatic heterocycles. The van der Waals surface area contributed by atoms with Crippen LogP contribution in [-0.2, 0) is 6.54 Å². The monoisotopic (exact) mass is 388 g/mol. The predicted octanol–water partition coefficient (Wildman–Crippen LogP) is 4.10. The highest BCUT2D eigenvalue weighted by atomic mass is 35.5. The van der Waals surface area contributed by atoms with E-state index in [0.29, 0.717) is 28.8 Å². The van der Waals surface area contributed by atoms with Crippen molar-refractivity contribution in [3.05, 3.63) is 52.3 Å². The molecule has 0 bridgehead atoms. The second-order valence-corrected chi connectivity index (χ2v) is 6.99. The second-order valence-electron chi connectivity index (χ2n) is 6.14. The minimum Gasteiger partial charge on any atom is -0.357 e. The van der Waals surface area contributed by atoms with Gasteiger partial charge in [-0.2, -0.15) is 4.98 Å². The Kier molecular flexibility index (Phi) is 4.72. The summed E-state index contributed by atoms with van der Waals surface area (Å²) < 4.78 is 0. The van der Waals surface area contributed by atoms with Gasteiger partial charge in [0.15, 0.2) is 5.65 Å². The highest BCUT2D eigenvalue weighted by Crippen LogP contribution is 2.29. The summed E-state index contributed by atoms with van der Waals surface area (Å²) >= 11 is 12.4. The highest BCUT2D eigenvalue weighted by molar-refractivity contribution is 6.38. The number of hydrogen-bond acceptors (Lipinski definition) is 4. The summed E-state index contributed by atoms with van der Waals surface area (Å²) in [6.45, 7) is 2.03. The molecule has 1 aromatic carbocycles. The van der Waals surface area contributed by atoms with Crippen LogP contribution in [0.15, 0.2) is 36.5 Å². The number of halogens is 2. The van der Waals surface area contributed by atoms with Crippen LogP contribution in [0, 0.1) is 0 Å². The maximum Gasteiger partial charge on any atom is 0.205 e. The molecule has 4 N–H and O–H groups in total. The summed E-state index contributed by atoms with van der Waals surface area (Å²) in [5.74, 6) is 0.773. The number of H-pyrrole nitrogens is 2. The topological polar surface area (TPSA) is 86.6 Å². The largest absolute Gasteiger partial charge is 0.357 e. The highest BCUT2D eigenvalue weighted by Gasteiger charge is 2.14. The van der Waals surface area contributed by atoms with Crippen molar-refractivity contribution in [2.24, 2.45) is 5.73 Å². The first-order chi connectivity index (χ1) is 12.6. The van der Waals surface area contributed by atoms with E-state index < -0.39 is 0 Å². The number of pyridine rings is 1. The third kappa shape index (κ3) is 3.35.